The molecule has 1 aromatic carbocycles. The number of nitrogens with zero attached hydrogens (tertiary/aromatic N) is 1. The van der Waals surface area contributed by atoms with Crippen LogP contribution in [-0.4, -0.2) is 28.7 Å². The molecule has 2 aliphatic rings. The third-order valence-corrected chi connectivity index (χ3v) is 4.57. The minimum absolute atomic E-state index is 0.232. The van der Waals surface area contributed by atoms with Crippen molar-refractivity contribution in [1.82, 2.24) is 4.90 Å². The number of rotatable bonds is 3. The summed E-state index contributed by atoms with van der Waals surface area (Å²) in [5, 5.41) is 10.4. The second kappa shape index (κ2) is 4.78. The van der Waals surface area contributed by atoms with Crippen LogP contribution >= 0.6 is 0 Å². The highest BCUT2D eigenvalue weighted by atomic mass is 16.3. The van der Waals surface area contributed by atoms with E-state index in [1.54, 1.807) is 0 Å². The molecule has 2 heteroatoms. The molecule has 2 nitrogen and oxygen atoms in total. The Balaban J connectivity index is 1.82. The first-order valence-corrected chi connectivity index (χ1v) is 7.39. The minimum Gasteiger partial charge on any atom is -0.390 e. The van der Waals surface area contributed by atoms with Gasteiger partial charge >= 0.3 is 0 Å². The maximum absolute atomic E-state index is 10.4. The van der Waals surface area contributed by atoms with Gasteiger partial charge in [0.2, 0.25) is 0 Å². The van der Waals surface area contributed by atoms with E-state index in [1.807, 2.05) is 6.92 Å². The molecule has 0 radical (unpaired) electrons. The van der Waals surface area contributed by atoms with Crippen molar-refractivity contribution in [2.24, 2.45) is 0 Å². The summed E-state index contributed by atoms with van der Waals surface area (Å²) in [4.78, 5) is 2.35. The van der Waals surface area contributed by atoms with E-state index in [0.29, 0.717) is 0 Å². The summed E-state index contributed by atoms with van der Waals surface area (Å²) in [6, 6.07) is 6.80. The second-order valence-electron chi connectivity index (χ2n) is 6.16. The molecule has 1 heterocycles. The highest BCUT2D eigenvalue weighted by Crippen LogP contribution is 2.50. The van der Waals surface area contributed by atoms with Crippen molar-refractivity contribution in [2.75, 3.05) is 6.54 Å². The molecule has 20 heavy (non-hydrogen) atoms. The van der Waals surface area contributed by atoms with Crippen LogP contribution in [0.4, 0.5) is 0 Å². The molecule has 3 rings (SSSR count). The van der Waals surface area contributed by atoms with E-state index in [4.69, 9.17) is 0 Å². The largest absolute Gasteiger partial charge is 0.390 e. The Labute approximate surface area is 121 Å². The van der Waals surface area contributed by atoms with E-state index in [9.17, 15) is 5.11 Å². The number of aliphatic hydroxyl groups is 1. The van der Waals surface area contributed by atoms with Crippen molar-refractivity contribution < 1.29 is 5.11 Å². The number of aryl methyl sites for hydroxylation is 2. The Kier molecular flexibility index (Phi) is 3.21. The van der Waals surface area contributed by atoms with Crippen LogP contribution in [0.15, 0.2) is 41.6 Å². The van der Waals surface area contributed by atoms with Gasteiger partial charge in [0.25, 0.3) is 0 Å². The molecule has 0 aromatic heterocycles. The van der Waals surface area contributed by atoms with Gasteiger partial charge in [0.15, 0.2) is 0 Å². The zero-order chi connectivity index (χ0) is 14.4. The van der Waals surface area contributed by atoms with E-state index in [1.165, 1.54) is 28.0 Å². The van der Waals surface area contributed by atoms with Crippen molar-refractivity contribution in [3.05, 3.63) is 58.3 Å². The van der Waals surface area contributed by atoms with Crippen molar-refractivity contribution in [3.8, 4) is 0 Å². The normalized spacial score (nSPS) is 29.1. The van der Waals surface area contributed by atoms with Crippen LogP contribution in [0.2, 0.25) is 0 Å². The summed E-state index contributed by atoms with van der Waals surface area (Å²) in [6.07, 6.45) is 4.00. The summed E-state index contributed by atoms with van der Waals surface area (Å²) < 4.78 is 0. The highest BCUT2D eigenvalue weighted by molar-refractivity contribution is 5.44. The van der Waals surface area contributed by atoms with E-state index in [0.717, 1.165) is 6.54 Å². The summed E-state index contributed by atoms with van der Waals surface area (Å²) in [5.74, 6) is 0.268. The third-order valence-electron chi connectivity index (χ3n) is 4.57. The average Bonchev–Trinajstić information content (AvgIpc) is 3.04. The fraction of sp³-hybridized carbons (Fsp3) is 0.444. The molecular weight excluding hydrogens is 246 g/mol. The third kappa shape index (κ3) is 1.99. The van der Waals surface area contributed by atoms with Crippen LogP contribution in [0.3, 0.4) is 0 Å². The Morgan fingerprint density at radius 1 is 1.25 bits per heavy atom. The maximum atomic E-state index is 10.4. The Hall–Kier alpha value is -1.54. The first-order valence-electron chi connectivity index (χ1n) is 7.39. The lowest BCUT2D eigenvalue weighted by molar-refractivity contribution is 0.212. The van der Waals surface area contributed by atoms with E-state index >= 15 is 0 Å². The van der Waals surface area contributed by atoms with Gasteiger partial charge in [-0.1, -0.05) is 29.8 Å². The monoisotopic (exact) mass is 269 g/mol. The van der Waals surface area contributed by atoms with Gasteiger partial charge in [-0.15, -0.1) is 0 Å². The smallest absolute Gasteiger partial charge is 0.0839 e. The van der Waals surface area contributed by atoms with E-state index < -0.39 is 0 Å². The first-order chi connectivity index (χ1) is 9.54. The second-order valence-corrected chi connectivity index (χ2v) is 6.16. The molecule has 3 unspecified atom stereocenters. The quantitative estimate of drug-likeness (QED) is 0.910. The molecule has 1 saturated carbocycles. The lowest BCUT2D eigenvalue weighted by Gasteiger charge is -2.37. The zero-order valence-electron chi connectivity index (χ0n) is 12.7. The van der Waals surface area contributed by atoms with Gasteiger partial charge < -0.3 is 10.0 Å². The summed E-state index contributed by atoms with van der Waals surface area (Å²) in [7, 11) is 0. The molecule has 0 spiro atoms. The minimum atomic E-state index is -0.232. The van der Waals surface area contributed by atoms with Crippen molar-refractivity contribution in [3.63, 3.8) is 0 Å². The predicted molar refractivity (Wildman–Crippen MR) is 82.7 cm³/mol. The van der Waals surface area contributed by atoms with Crippen LogP contribution < -0.4 is 0 Å². The topological polar surface area (TPSA) is 23.5 Å². The fourth-order valence-electron chi connectivity index (χ4n) is 3.46. The molecule has 3 atom stereocenters. The molecule has 106 valence electrons. The van der Waals surface area contributed by atoms with E-state index in [2.05, 4.69) is 56.0 Å². The Morgan fingerprint density at radius 2 is 2.00 bits per heavy atom. The standard InChI is InChI=1S/C18H23NO/c1-5-6-15-13(4)10-19(15)17-16(18(17)20)14-8-7-11(2)9-12(14)3/h5-9,16-18,20H,10H2,1-4H3/b6-5-. The Morgan fingerprint density at radius 3 is 2.60 bits per heavy atom. The molecule has 0 saturated heterocycles. The molecule has 1 N–H and O–H groups in total. The van der Waals surface area contributed by atoms with Crippen LogP contribution in [0.5, 0.6) is 0 Å². The summed E-state index contributed by atoms with van der Waals surface area (Å²) in [6.45, 7) is 9.47. The predicted octanol–water partition coefficient (Wildman–Crippen LogP) is 3.30. The maximum Gasteiger partial charge on any atom is 0.0839 e. The molecule has 1 aliphatic carbocycles. The number of allylic oxidation sites excluding steroid dienone is 2. The number of hydrogen-bond acceptors (Lipinski definition) is 2. The van der Waals surface area contributed by atoms with Crippen molar-refractivity contribution in [1.29, 1.82) is 0 Å². The molecule has 1 aliphatic heterocycles. The molecule has 1 aromatic rings. The molecular formula is C18H23NO. The first kappa shape index (κ1) is 13.4. The van der Waals surface area contributed by atoms with Crippen LogP contribution in [0.1, 0.15) is 36.5 Å². The number of hydrogen-bond donors (Lipinski definition) is 1. The number of aliphatic hydroxyl groups excluding tert-OH is 1. The van der Waals surface area contributed by atoms with E-state index in [-0.39, 0.29) is 18.1 Å². The van der Waals surface area contributed by atoms with Gasteiger partial charge in [0.1, 0.15) is 0 Å². The van der Waals surface area contributed by atoms with Gasteiger partial charge in [0.05, 0.1) is 12.1 Å². The van der Waals surface area contributed by atoms with Crippen LogP contribution in [0.25, 0.3) is 0 Å². The SMILES string of the molecule is C/C=C\C1=C(C)CN1C1C(O)C1c1ccc(C)cc1C. The van der Waals surface area contributed by atoms with Gasteiger partial charge in [-0.05, 0) is 50.5 Å². The Bertz CT molecular complexity index is 599. The summed E-state index contributed by atoms with van der Waals surface area (Å²) >= 11 is 0. The number of benzene rings is 1. The average molecular weight is 269 g/mol. The van der Waals surface area contributed by atoms with Gasteiger partial charge in [0, 0.05) is 18.2 Å². The molecule has 1 fully saturated rings. The molecule has 0 amide bonds. The van der Waals surface area contributed by atoms with Gasteiger partial charge in [-0.2, -0.15) is 0 Å². The van der Waals surface area contributed by atoms with Crippen LogP contribution in [-0.2, 0) is 0 Å². The lowest BCUT2D eigenvalue weighted by atomic mass is 10.00. The van der Waals surface area contributed by atoms with Gasteiger partial charge in [-0.25, -0.2) is 0 Å². The van der Waals surface area contributed by atoms with Crippen molar-refractivity contribution in [2.45, 2.75) is 45.8 Å². The van der Waals surface area contributed by atoms with Gasteiger partial charge in [-0.3, -0.25) is 0 Å². The summed E-state index contributed by atoms with van der Waals surface area (Å²) in [5.41, 5.74) is 6.60. The van der Waals surface area contributed by atoms with Crippen LogP contribution in [0, 0.1) is 13.8 Å². The van der Waals surface area contributed by atoms with Crippen molar-refractivity contribution >= 4 is 0 Å². The lowest BCUT2D eigenvalue weighted by Crippen LogP contribution is -2.38. The highest BCUT2D eigenvalue weighted by Gasteiger charge is 2.56. The molecule has 0 bridgehead atoms. The zero-order valence-corrected chi connectivity index (χ0v) is 12.7. The fourth-order valence-corrected chi connectivity index (χ4v) is 3.46.